The molecule has 0 aromatic heterocycles. The van der Waals surface area contributed by atoms with E-state index >= 15 is 0 Å². The number of aliphatic hydroxyl groups excluding tert-OH is 2. The maximum atomic E-state index is 11.8. The summed E-state index contributed by atoms with van der Waals surface area (Å²) in [7, 11) is 0. The van der Waals surface area contributed by atoms with Crippen LogP contribution in [0.15, 0.2) is 18.2 Å². The van der Waals surface area contributed by atoms with Crippen molar-refractivity contribution < 1.29 is 20.1 Å². The maximum absolute atomic E-state index is 11.8. The first-order chi connectivity index (χ1) is 7.38. The molecular formula is C12H16O4. The smallest absolute Gasteiger partial charge is 0.193 e. The van der Waals surface area contributed by atoms with Gasteiger partial charge in [-0.05, 0) is 37.1 Å². The Balaban J connectivity index is 3.18. The second-order valence-electron chi connectivity index (χ2n) is 4.24. The van der Waals surface area contributed by atoms with E-state index in [2.05, 4.69) is 0 Å². The predicted molar refractivity (Wildman–Crippen MR) is 58.9 cm³/mol. The van der Waals surface area contributed by atoms with E-state index in [1.54, 1.807) is 6.07 Å². The molecule has 0 aliphatic heterocycles. The molecule has 1 aromatic rings. The number of carbonyl (C=O) groups is 1. The van der Waals surface area contributed by atoms with Gasteiger partial charge < -0.3 is 15.3 Å². The first-order valence-electron chi connectivity index (χ1n) is 5.00. The summed E-state index contributed by atoms with van der Waals surface area (Å²) in [5, 5.41) is 27.6. The van der Waals surface area contributed by atoms with E-state index in [1.807, 2.05) is 0 Å². The second-order valence-corrected chi connectivity index (χ2v) is 4.24. The van der Waals surface area contributed by atoms with Crippen molar-refractivity contribution in [2.24, 2.45) is 0 Å². The molecule has 0 aliphatic rings. The largest absolute Gasteiger partial charge is 0.392 e. The van der Waals surface area contributed by atoms with E-state index < -0.39 is 11.4 Å². The molecule has 16 heavy (non-hydrogen) atoms. The predicted octanol–water partition coefficient (Wildman–Crippen LogP) is 0.625. The zero-order chi connectivity index (χ0) is 12.3. The van der Waals surface area contributed by atoms with E-state index in [0.717, 1.165) is 0 Å². The van der Waals surface area contributed by atoms with Crippen molar-refractivity contribution in [1.82, 2.24) is 0 Å². The number of carbonyl (C=O) groups excluding carboxylic acids is 1. The van der Waals surface area contributed by atoms with E-state index in [-0.39, 0.29) is 13.2 Å². The molecule has 4 nitrogen and oxygen atoms in total. The zero-order valence-electron chi connectivity index (χ0n) is 9.40. The van der Waals surface area contributed by atoms with Crippen LogP contribution in [-0.4, -0.2) is 26.7 Å². The summed E-state index contributed by atoms with van der Waals surface area (Å²) in [6.45, 7) is 2.39. The average Bonchev–Trinajstić information content (AvgIpc) is 2.26. The van der Waals surface area contributed by atoms with Gasteiger partial charge in [0.2, 0.25) is 0 Å². The molecule has 0 bridgehead atoms. The standard InChI is InChI=1S/C12H16O4/c1-12(2,16)11(15)10-4-8(6-13)3-9(5-10)7-14/h3-5,13-14,16H,6-7H2,1-2H3. The van der Waals surface area contributed by atoms with Crippen LogP contribution in [0.4, 0.5) is 0 Å². The molecule has 1 rings (SSSR count). The molecule has 3 N–H and O–H groups in total. The minimum Gasteiger partial charge on any atom is -0.392 e. The van der Waals surface area contributed by atoms with Gasteiger partial charge in [0.15, 0.2) is 5.78 Å². The van der Waals surface area contributed by atoms with Crippen LogP contribution in [0.25, 0.3) is 0 Å². The Morgan fingerprint density at radius 2 is 1.56 bits per heavy atom. The van der Waals surface area contributed by atoms with Gasteiger partial charge in [0.05, 0.1) is 13.2 Å². The van der Waals surface area contributed by atoms with Crippen molar-refractivity contribution in [1.29, 1.82) is 0 Å². The van der Waals surface area contributed by atoms with Crippen molar-refractivity contribution in [2.75, 3.05) is 0 Å². The van der Waals surface area contributed by atoms with E-state index in [0.29, 0.717) is 16.7 Å². The zero-order valence-corrected chi connectivity index (χ0v) is 9.40. The summed E-state index contributed by atoms with van der Waals surface area (Å²) in [4.78, 5) is 11.8. The highest BCUT2D eigenvalue weighted by Crippen LogP contribution is 2.17. The fraction of sp³-hybridized carbons (Fsp3) is 0.417. The SMILES string of the molecule is CC(C)(O)C(=O)c1cc(CO)cc(CO)c1. The molecule has 0 unspecified atom stereocenters. The summed E-state index contributed by atoms with van der Waals surface area (Å²) in [5.74, 6) is -0.433. The highest BCUT2D eigenvalue weighted by Gasteiger charge is 2.25. The topological polar surface area (TPSA) is 77.8 Å². The molecule has 0 radical (unpaired) electrons. The van der Waals surface area contributed by atoms with E-state index in [1.165, 1.54) is 26.0 Å². The Kier molecular flexibility index (Phi) is 3.80. The molecule has 0 saturated carbocycles. The minimum absolute atomic E-state index is 0.208. The van der Waals surface area contributed by atoms with Gasteiger partial charge >= 0.3 is 0 Å². The Bertz CT molecular complexity index is 368. The van der Waals surface area contributed by atoms with Crippen molar-refractivity contribution in [2.45, 2.75) is 32.7 Å². The van der Waals surface area contributed by atoms with Crippen molar-refractivity contribution in [3.63, 3.8) is 0 Å². The van der Waals surface area contributed by atoms with Crippen molar-refractivity contribution in [3.8, 4) is 0 Å². The molecule has 88 valence electrons. The summed E-state index contributed by atoms with van der Waals surface area (Å²) in [6, 6.07) is 4.64. The lowest BCUT2D eigenvalue weighted by atomic mass is 9.94. The molecule has 0 amide bonds. The maximum Gasteiger partial charge on any atom is 0.193 e. The fourth-order valence-corrected chi connectivity index (χ4v) is 1.43. The van der Waals surface area contributed by atoms with Crippen LogP contribution in [0.1, 0.15) is 35.3 Å². The number of Topliss-reactive ketones (excluding diaryl/α,β-unsaturated/α-hetero) is 1. The van der Waals surface area contributed by atoms with Crippen molar-refractivity contribution in [3.05, 3.63) is 34.9 Å². The Labute approximate surface area is 94.2 Å². The fourth-order valence-electron chi connectivity index (χ4n) is 1.43. The third-order valence-electron chi connectivity index (χ3n) is 2.24. The minimum atomic E-state index is -1.46. The Morgan fingerprint density at radius 3 is 1.88 bits per heavy atom. The number of rotatable bonds is 4. The molecule has 1 aromatic carbocycles. The third kappa shape index (κ3) is 2.88. The van der Waals surface area contributed by atoms with Crippen molar-refractivity contribution >= 4 is 5.78 Å². The first kappa shape index (κ1) is 12.8. The summed E-state index contributed by atoms with van der Waals surface area (Å²) in [6.07, 6.45) is 0. The summed E-state index contributed by atoms with van der Waals surface area (Å²) in [5.41, 5.74) is -0.0812. The molecule has 0 spiro atoms. The van der Waals surface area contributed by atoms with Crippen LogP contribution in [0.2, 0.25) is 0 Å². The molecule has 4 heteroatoms. The summed E-state index contributed by atoms with van der Waals surface area (Å²) < 4.78 is 0. The van der Waals surface area contributed by atoms with Crippen LogP contribution >= 0.6 is 0 Å². The lowest BCUT2D eigenvalue weighted by molar-refractivity contribution is 0.0487. The molecule has 0 heterocycles. The monoisotopic (exact) mass is 224 g/mol. The summed E-state index contributed by atoms with van der Waals surface area (Å²) >= 11 is 0. The molecular weight excluding hydrogens is 208 g/mol. The van der Waals surface area contributed by atoms with Crippen LogP contribution in [0.5, 0.6) is 0 Å². The van der Waals surface area contributed by atoms with Gasteiger partial charge in [0.1, 0.15) is 5.60 Å². The third-order valence-corrected chi connectivity index (χ3v) is 2.24. The normalized spacial score (nSPS) is 11.6. The first-order valence-corrected chi connectivity index (χ1v) is 5.00. The Morgan fingerprint density at radius 1 is 1.12 bits per heavy atom. The van der Waals surface area contributed by atoms with Crippen LogP contribution < -0.4 is 0 Å². The quantitative estimate of drug-likeness (QED) is 0.655. The van der Waals surface area contributed by atoms with Gasteiger partial charge in [-0.3, -0.25) is 4.79 Å². The lowest BCUT2D eigenvalue weighted by Crippen LogP contribution is -2.31. The average molecular weight is 224 g/mol. The second kappa shape index (κ2) is 4.74. The van der Waals surface area contributed by atoms with E-state index in [4.69, 9.17) is 10.2 Å². The van der Waals surface area contributed by atoms with Gasteiger partial charge in [-0.1, -0.05) is 6.07 Å². The number of aliphatic hydroxyl groups is 3. The highest BCUT2D eigenvalue weighted by atomic mass is 16.3. The number of benzene rings is 1. The van der Waals surface area contributed by atoms with Crippen LogP contribution in [0, 0.1) is 0 Å². The van der Waals surface area contributed by atoms with Crippen LogP contribution in [-0.2, 0) is 13.2 Å². The van der Waals surface area contributed by atoms with E-state index in [9.17, 15) is 9.90 Å². The highest BCUT2D eigenvalue weighted by molar-refractivity contribution is 6.02. The van der Waals surface area contributed by atoms with Gasteiger partial charge in [-0.2, -0.15) is 0 Å². The Hall–Kier alpha value is -1.23. The molecule has 0 fully saturated rings. The van der Waals surface area contributed by atoms with Gasteiger partial charge in [-0.25, -0.2) is 0 Å². The molecule has 0 saturated heterocycles. The number of hydrogen-bond donors (Lipinski definition) is 3. The van der Waals surface area contributed by atoms with Gasteiger partial charge in [0, 0.05) is 5.56 Å². The van der Waals surface area contributed by atoms with Gasteiger partial charge in [0.25, 0.3) is 0 Å². The lowest BCUT2D eigenvalue weighted by Gasteiger charge is -2.16. The number of hydrogen-bond acceptors (Lipinski definition) is 4. The molecule has 0 aliphatic carbocycles. The number of ketones is 1. The van der Waals surface area contributed by atoms with Gasteiger partial charge in [-0.15, -0.1) is 0 Å². The molecule has 0 atom stereocenters. The van der Waals surface area contributed by atoms with Crippen LogP contribution in [0.3, 0.4) is 0 Å².